The predicted molar refractivity (Wildman–Crippen MR) is 53.7 cm³/mol. The third-order valence-electron chi connectivity index (χ3n) is 2.52. The summed E-state index contributed by atoms with van der Waals surface area (Å²) in [6.45, 7) is 4.31. The van der Waals surface area contributed by atoms with E-state index in [1.807, 2.05) is 19.3 Å². The van der Waals surface area contributed by atoms with Crippen molar-refractivity contribution in [1.29, 1.82) is 0 Å². The maximum atomic E-state index is 10.5. The van der Waals surface area contributed by atoms with Crippen LogP contribution >= 0.6 is 0 Å². The molecule has 0 aromatic carbocycles. The van der Waals surface area contributed by atoms with Gasteiger partial charge in [0.15, 0.2) is 0 Å². The lowest BCUT2D eigenvalue weighted by molar-refractivity contribution is -0.108. The molecule has 0 radical (unpaired) electrons. The standard InChI is InChI=1S/C11H17NO/c1-9(2)10(6-8-13)11-5-4-7-12(11)3/h4-5,7-10H,6H2,1-3H3/t10-/m0/s1. The Hall–Kier alpha value is -1.05. The van der Waals surface area contributed by atoms with Gasteiger partial charge in [0.1, 0.15) is 6.29 Å². The molecule has 1 aromatic heterocycles. The first-order valence-electron chi connectivity index (χ1n) is 4.71. The van der Waals surface area contributed by atoms with Gasteiger partial charge in [0.2, 0.25) is 0 Å². The van der Waals surface area contributed by atoms with E-state index in [9.17, 15) is 4.79 Å². The highest BCUT2D eigenvalue weighted by Gasteiger charge is 2.17. The van der Waals surface area contributed by atoms with Gasteiger partial charge in [0.05, 0.1) is 0 Å². The lowest BCUT2D eigenvalue weighted by Gasteiger charge is -2.19. The normalized spacial score (nSPS) is 13.2. The van der Waals surface area contributed by atoms with Gasteiger partial charge in [-0.15, -0.1) is 0 Å². The molecule has 0 amide bonds. The maximum Gasteiger partial charge on any atom is 0.120 e. The highest BCUT2D eigenvalue weighted by Crippen LogP contribution is 2.26. The van der Waals surface area contributed by atoms with Crippen molar-refractivity contribution in [2.24, 2.45) is 13.0 Å². The molecule has 0 aliphatic heterocycles. The summed E-state index contributed by atoms with van der Waals surface area (Å²) in [5, 5.41) is 0. The van der Waals surface area contributed by atoms with Crippen molar-refractivity contribution < 1.29 is 4.79 Å². The molecule has 0 saturated heterocycles. The van der Waals surface area contributed by atoms with E-state index in [-0.39, 0.29) is 0 Å². The van der Waals surface area contributed by atoms with Crippen molar-refractivity contribution in [3.8, 4) is 0 Å². The zero-order valence-electron chi connectivity index (χ0n) is 8.53. The smallest absolute Gasteiger partial charge is 0.120 e. The Morgan fingerprint density at radius 1 is 1.54 bits per heavy atom. The van der Waals surface area contributed by atoms with E-state index in [0.29, 0.717) is 18.3 Å². The van der Waals surface area contributed by atoms with Crippen LogP contribution in [0.3, 0.4) is 0 Å². The third-order valence-corrected chi connectivity index (χ3v) is 2.52. The summed E-state index contributed by atoms with van der Waals surface area (Å²) in [4.78, 5) is 10.5. The first kappa shape index (κ1) is 10.0. The third kappa shape index (κ3) is 2.20. The molecule has 0 unspecified atom stereocenters. The fraction of sp³-hybridized carbons (Fsp3) is 0.545. The van der Waals surface area contributed by atoms with E-state index in [0.717, 1.165) is 6.29 Å². The molecule has 13 heavy (non-hydrogen) atoms. The van der Waals surface area contributed by atoms with E-state index >= 15 is 0 Å². The summed E-state index contributed by atoms with van der Waals surface area (Å²) in [5.74, 6) is 0.872. The Balaban J connectivity index is 2.87. The Kier molecular flexibility index (Phi) is 3.29. The molecule has 0 bridgehead atoms. The minimum absolute atomic E-state index is 0.359. The molecule has 1 heterocycles. The summed E-state index contributed by atoms with van der Waals surface area (Å²) in [7, 11) is 2.02. The number of hydrogen-bond acceptors (Lipinski definition) is 1. The Bertz CT molecular complexity index is 275. The molecule has 0 N–H and O–H groups in total. The van der Waals surface area contributed by atoms with Gasteiger partial charge in [0.25, 0.3) is 0 Å². The quantitative estimate of drug-likeness (QED) is 0.650. The number of nitrogens with zero attached hydrogens (tertiary/aromatic N) is 1. The van der Waals surface area contributed by atoms with E-state index in [4.69, 9.17) is 0 Å². The zero-order chi connectivity index (χ0) is 9.84. The molecule has 0 saturated carbocycles. The van der Waals surface area contributed by atoms with Gasteiger partial charge in [-0.3, -0.25) is 0 Å². The Morgan fingerprint density at radius 2 is 2.23 bits per heavy atom. The number of aldehydes is 1. The van der Waals surface area contributed by atoms with Gasteiger partial charge < -0.3 is 9.36 Å². The molecule has 0 spiro atoms. The number of carbonyl (C=O) groups excluding carboxylic acids is 1. The molecule has 0 aliphatic rings. The molecule has 2 heteroatoms. The summed E-state index contributed by atoms with van der Waals surface area (Å²) in [6, 6.07) is 4.11. The summed E-state index contributed by atoms with van der Waals surface area (Å²) < 4.78 is 2.09. The average molecular weight is 179 g/mol. The Labute approximate surface area is 79.6 Å². The lowest BCUT2D eigenvalue weighted by atomic mass is 9.90. The monoisotopic (exact) mass is 179 g/mol. The minimum atomic E-state index is 0.359. The van der Waals surface area contributed by atoms with Crippen molar-refractivity contribution in [1.82, 2.24) is 4.57 Å². The summed E-state index contributed by atoms with van der Waals surface area (Å²) >= 11 is 0. The number of aromatic nitrogens is 1. The number of rotatable bonds is 4. The van der Waals surface area contributed by atoms with Crippen molar-refractivity contribution in [3.63, 3.8) is 0 Å². The lowest BCUT2D eigenvalue weighted by Crippen LogP contribution is -2.11. The van der Waals surface area contributed by atoms with E-state index in [2.05, 4.69) is 24.5 Å². The van der Waals surface area contributed by atoms with Gasteiger partial charge >= 0.3 is 0 Å². The fourth-order valence-electron chi connectivity index (χ4n) is 1.70. The van der Waals surface area contributed by atoms with Crippen LogP contribution in [0.1, 0.15) is 31.9 Å². The van der Waals surface area contributed by atoms with Crippen LogP contribution in [0.2, 0.25) is 0 Å². The summed E-state index contributed by atoms with van der Waals surface area (Å²) in [5.41, 5.74) is 1.25. The van der Waals surface area contributed by atoms with Crippen LogP contribution in [0.5, 0.6) is 0 Å². The predicted octanol–water partition coefficient (Wildman–Crippen LogP) is 2.35. The zero-order valence-corrected chi connectivity index (χ0v) is 8.53. The van der Waals surface area contributed by atoms with Crippen LogP contribution in [0.25, 0.3) is 0 Å². The van der Waals surface area contributed by atoms with Crippen LogP contribution in [-0.2, 0) is 11.8 Å². The number of carbonyl (C=O) groups is 1. The van der Waals surface area contributed by atoms with Crippen molar-refractivity contribution in [2.45, 2.75) is 26.2 Å². The SMILES string of the molecule is CC(C)[C@H](CC=O)c1cccn1C. The second-order valence-corrected chi connectivity index (χ2v) is 3.80. The van der Waals surface area contributed by atoms with E-state index < -0.39 is 0 Å². The van der Waals surface area contributed by atoms with Gasteiger partial charge in [-0.05, 0) is 18.1 Å². The summed E-state index contributed by atoms with van der Waals surface area (Å²) in [6.07, 6.45) is 3.66. The molecule has 72 valence electrons. The molecule has 1 atom stereocenters. The molecule has 2 nitrogen and oxygen atoms in total. The molecule has 0 aliphatic carbocycles. The molecular formula is C11H17NO. The van der Waals surface area contributed by atoms with Crippen LogP contribution in [0.15, 0.2) is 18.3 Å². The van der Waals surface area contributed by atoms with Crippen LogP contribution < -0.4 is 0 Å². The average Bonchev–Trinajstić information content (AvgIpc) is 2.47. The second kappa shape index (κ2) is 4.26. The largest absolute Gasteiger partial charge is 0.354 e. The van der Waals surface area contributed by atoms with Gasteiger partial charge in [0, 0.05) is 31.3 Å². The Morgan fingerprint density at radius 3 is 2.62 bits per heavy atom. The van der Waals surface area contributed by atoms with E-state index in [1.54, 1.807) is 0 Å². The second-order valence-electron chi connectivity index (χ2n) is 3.80. The first-order chi connectivity index (χ1) is 6.16. The molecular weight excluding hydrogens is 162 g/mol. The topological polar surface area (TPSA) is 22.0 Å². The highest BCUT2D eigenvalue weighted by atomic mass is 16.1. The van der Waals surface area contributed by atoms with E-state index in [1.165, 1.54) is 5.69 Å². The van der Waals surface area contributed by atoms with Crippen LogP contribution in [0, 0.1) is 5.92 Å². The molecule has 1 aromatic rings. The van der Waals surface area contributed by atoms with Crippen molar-refractivity contribution >= 4 is 6.29 Å². The minimum Gasteiger partial charge on any atom is -0.354 e. The van der Waals surface area contributed by atoms with Gasteiger partial charge in [-0.2, -0.15) is 0 Å². The van der Waals surface area contributed by atoms with Crippen molar-refractivity contribution in [3.05, 3.63) is 24.0 Å². The van der Waals surface area contributed by atoms with Gasteiger partial charge in [-0.1, -0.05) is 13.8 Å². The van der Waals surface area contributed by atoms with Gasteiger partial charge in [-0.25, -0.2) is 0 Å². The number of aryl methyl sites for hydroxylation is 1. The van der Waals surface area contributed by atoms with Crippen LogP contribution in [0.4, 0.5) is 0 Å². The van der Waals surface area contributed by atoms with Crippen molar-refractivity contribution in [2.75, 3.05) is 0 Å². The molecule has 1 rings (SSSR count). The highest BCUT2D eigenvalue weighted by molar-refractivity contribution is 5.51. The first-order valence-corrected chi connectivity index (χ1v) is 4.71. The maximum absolute atomic E-state index is 10.5. The van der Waals surface area contributed by atoms with Crippen LogP contribution in [-0.4, -0.2) is 10.9 Å². The molecule has 0 fully saturated rings. The fourth-order valence-corrected chi connectivity index (χ4v) is 1.70. The number of hydrogen-bond donors (Lipinski definition) is 0.